The Hall–Kier alpha value is -0.870. The maximum Gasteiger partial charge on any atom is 0.161 e. The fraction of sp³-hybridized carbons (Fsp3) is 0.625. The molecule has 0 saturated heterocycles. The van der Waals surface area contributed by atoms with Gasteiger partial charge in [-0.3, -0.25) is 0 Å². The Bertz CT molecular complexity index is 383. The summed E-state index contributed by atoms with van der Waals surface area (Å²) in [6.07, 6.45) is 3.17. The van der Waals surface area contributed by atoms with E-state index < -0.39 is 0 Å². The van der Waals surface area contributed by atoms with Crippen LogP contribution in [0.4, 0.5) is 0 Å². The van der Waals surface area contributed by atoms with Gasteiger partial charge in [-0.1, -0.05) is 19.9 Å². The standard InChI is InChI=1S/C16H27NO2S/c1-13(2)11-17-12-14-6-7-15(16(10-14)18-3)19-8-5-9-20-4/h6-7,10,13,17H,5,8-9,11-12H2,1-4H3. The first-order valence-electron chi connectivity index (χ1n) is 7.16. The number of methoxy groups -OCH3 is 1. The van der Waals surface area contributed by atoms with E-state index in [1.54, 1.807) is 7.11 Å². The molecular formula is C16H27NO2S. The molecule has 114 valence electrons. The van der Waals surface area contributed by atoms with Gasteiger partial charge in [0, 0.05) is 6.54 Å². The molecule has 0 unspecified atom stereocenters. The Morgan fingerprint density at radius 2 is 2.05 bits per heavy atom. The smallest absolute Gasteiger partial charge is 0.161 e. The highest BCUT2D eigenvalue weighted by Crippen LogP contribution is 2.28. The molecule has 4 heteroatoms. The second kappa shape index (κ2) is 9.94. The van der Waals surface area contributed by atoms with Gasteiger partial charge in [0.05, 0.1) is 13.7 Å². The van der Waals surface area contributed by atoms with Crippen LogP contribution >= 0.6 is 11.8 Å². The van der Waals surface area contributed by atoms with Crippen LogP contribution in [0.15, 0.2) is 18.2 Å². The monoisotopic (exact) mass is 297 g/mol. The van der Waals surface area contributed by atoms with E-state index in [4.69, 9.17) is 9.47 Å². The van der Waals surface area contributed by atoms with Gasteiger partial charge in [0.2, 0.25) is 0 Å². The Labute approximate surface area is 127 Å². The molecule has 1 N–H and O–H groups in total. The second-order valence-electron chi connectivity index (χ2n) is 5.20. The van der Waals surface area contributed by atoms with Gasteiger partial charge >= 0.3 is 0 Å². The summed E-state index contributed by atoms with van der Waals surface area (Å²) >= 11 is 1.84. The molecule has 20 heavy (non-hydrogen) atoms. The van der Waals surface area contributed by atoms with E-state index >= 15 is 0 Å². The third-order valence-electron chi connectivity index (χ3n) is 2.86. The molecule has 0 bridgehead atoms. The van der Waals surface area contributed by atoms with Crippen LogP contribution in [0, 0.1) is 5.92 Å². The molecule has 0 radical (unpaired) electrons. The Balaban J connectivity index is 2.51. The molecule has 0 fully saturated rings. The lowest BCUT2D eigenvalue weighted by atomic mass is 10.2. The number of ether oxygens (including phenoxy) is 2. The molecule has 1 aromatic carbocycles. The summed E-state index contributed by atoms with van der Waals surface area (Å²) in [5.41, 5.74) is 1.22. The molecular weight excluding hydrogens is 270 g/mol. The van der Waals surface area contributed by atoms with Crippen molar-refractivity contribution < 1.29 is 9.47 Å². The van der Waals surface area contributed by atoms with Crippen LogP contribution in [0.2, 0.25) is 0 Å². The van der Waals surface area contributed by atoms with Gasteiger partial charge in [-0.15, -0.1) is 0 Å². The SMILES string of the molecule is COc1cc(CNCC(C)C)ccc1OCCCSC. The molecule has 0 spiro atoms. The molecule has 0 atom stereocenters. The van der Waals surface area contributed by atoms with Gasteiger partial charge in [0.1, 0.15) is 0 Å². The van der Waals surface area contributed by atoms with Crippen LogP contribution in [0.1, 0.15) is 25.8 Å². The molecule has 1 aromatic rings. The molecule has 0 aliphatic rings. The van der Waals surface area contributed by atoms with E-state index in [1.165, 1.54) is 5.56 Å². The quantitative estimate of drug-likeness (QED) is 0.669. The summed E-state index contributed by atoms with van der Waals surface area (Å²) in [7, 11) is 1.69. The molecule has 0 heterocycles. The first-order chi connectivity index (χ1) is 9.67. The van der Waals surface area contributed by atoms with Crippen molar-refractivity contribution in [2.75, 3.05) is 32.3 Å². The van der Waals surface area contributed by atoms with Crippen LogP contribution < -0.4 is 14.8 Å². The van der Waals surface area contributed by atoms with Crippen molar-refractivity contribution in [1.82, 2.24) is 5.32 Å². The number of thioether (sulfide) groups is 1. The minimum absolute atomic E-state index is 0.663. The zero-order valence-electron chi connectivity index (χ0n) is 13.1. The van der Waals surface area contributed by atoms with Crippen molar-refractivity contribution in [2.24, 2.45) is 5.92 Å². The van der Waals surface area contributed by atoms with Crippen molar-refractivity contribution in [3.63, 3.8) is 0 Å². The van der Waals surface area contributed by atoms with E-state index in [1.807, 2.05) is 17.8 Å². The average Bonchev–Trinajstić information content (AvgIpc) is 2.44. The molecule has 0 aliphatic carbocycles. The Morgan fingerprint density at radius 3 is 2.70 bits per heavy atom. The zero-order chi connectivity index (χ0) is 14.8. The molecule has 0 amide bonds. The van der Waals surface area contributed by atoms with E-state index in [-0.39, 0.29) is 0 Å². The number of hydrogen-bond donors (Lipinski definition) is 1. The largest absolute Gasteiger partial charge is 0.493 e. The fourth-order valence-electron chi connectivity index (χ4n) is 1.83. The topological polar surface area (TPSA) is 30.5 Å². The van der Waals surface area contributed by atoms with Crippen LogP contribution in [0.5, 0.6) is 11.5 Å². The first-order valence-corrected chi connectivity index (χ1v) is 8.56. The zero-order valence-corrected chi connectivity index (χ0v) is 13.9. The lowest BCUT2D eigenvalue weighted by Crippen LogP contribution is -2.18. The predicted molar refractivity (Wildman–Crippen MR) is 88.0 cm³/mol. The highest BCUT2D eigenvalue weighted by molar-refractivity contribution is 7.98. The van der Waals surface area contributed by atoms with Gasteiger partial charge in [0.15, 0.2) is 11.5 Å². The average molecular weight is 297 g/mol. The number of nitrogens with one attached hydrogen (secondary N) is 1. The van der Waals surface area contributed by atoms with Gasteiger partial charge in [0.25, 0.3) is 0 Å². The second-order valence-corrected chi connectivity index (χ2v) is 6.19. The van der Waals surface area contributed by atoms with E-state index in [0.717, 1.165) is 43.4 Å². The normalized spacial score (nSPS) is 10.8. The van der Waals surface area contributed by atoms with Crippen molar-refractivity contribution >= 4 is 11.8 Å². The van der Waals surface area contributed by atoms with Crippen molar-refractivity contribution in [2.45, 2.75) is 26.8 Å². The van der Waals surface area contributed by atoms with Crippen molar-refractivity contribution in [3.8, 4) is 11.5 Å². The van der Waals surface area contributed by atoms with Gasteiger partial charge in [-0.25, -0.2) is 0 Å². The highest BCUT2D eigenvalue weighted by atomic mass is 32.2. The van der Waals surface area contributed by atoms with Gasteiger partial charge in [-0.2, -0.15) is 11.8 Å². The van der Waals surface area contributed by atoms with Crippen LogP contribution in [-0.2, 0) is 6.54 Å². The summed E-state index contributed by atoms with van der Waals surface area (Å²) in [5.74, 6) is 3.44. The minimum Gasteiger partial charge on any atom is -0.493 e. The summed E-state index contributed by atoms with van der Waals surface area (Å²) in [5, 5.41) is 3.43. The number of hydrogen-bond acceptors (Lipinski definition) is 4. The highest BCUT2D eigenvalue weighted by Gasteiger charge is 2.06. The van der Waals surface area contributed by atoms with E-state index in [9.17, 15) is 0 Å². The number of benzene rings is 1. The predicted octanol–water partition coefficient (Wildman–Crippen LogP) is 3.57. The molecule has 0 saturated carbocycles. The van der Waals surface area contributed by atoms with E-state index in [2.05, 4.69) is 37.6 Å². The summed E-state index contributed by atoms with van der Waals surface area (Å²) in [4.78, 5) is 0. The Kier molecular flexibility index (Phi) is 8.54. The van der Waals surface area contributed by atoms with Crippen molar-refractivity contribution in [1.29, 1.82) is 0 Å². The van der Waals surface area contributed by atoms with Gasteiger partial charge in [-0.05, 0) is 48.6 Å². The maximum absolute atomic E-state index is 5.77. The molecule has 0 aromatic heterocycles. The number of rotatable bonds is 10. The van der Waals surface area contributed by atoms with Crippen LogP contribution in [0.25, 0.3) is 0 Å². The first kappa shape index (κ1) is 17.2. The maximum atomic E-state index is 5.77. The van der Waals surface area contributed by atoms with E-state index in [0.29, 0.717) is 5.92 Å². The minimum atomic E-state index is 0.663. The molecule has 1 rings (SSSR count). The van der Waals surface area contributed by atoms with Crippen molar-refractivity contribution in [3.05, 3.63) is 23.8 Å². The fourth-order valence-corrected chi connectivity index (χ4v) is 2.24. The summed E-state index contributed by atoms with van der Waals surface area (Å²) in [6.45, 7) is 7.04. The molecule has 3 nitrogen and oxygen atoms in total. The van der Waals surface area contributed by atoms with Crippen LogP contribution in [-0.4, -0.2) is 32.3 Å². The van der Waals surface area contributed by atoms with Crippen LogP contribution in [0.3, 0.4) is 0 Å². The van der Waals surface area contributed by atoms with Gasteiger partial charge < -0.3 is 14.8 Å². The molecule has 0 aliphatic heterocycles. The third-order valence-corrected chi connectivity index (χ3v) is 3.56. The lowest BCUT2D eigenvalue weighted by molar-refractivity contribution is 0.295. The Morgan fingerprint density at radius 1 is 1.25 bits per heavy atom. The third kappa shape index (κ3) is 6.53. The summed E-state index contributed by atoms with van der Waals surface area (Å²) < 4.78 is 11.2. The summed E-state index contributed by atoms with van der Waals surface area (Å²) in [6, 6.07) is 6.15. The lowest BCUT2D eigenvalue weighted by Gasteiger charge is -2.13.